The lowest BCUT2D eigenvalue weighted by molar-refractivity contribution is 0.566. The summed E-state index contributed by atoms with van der Waals surface area (Å²) >= 11 is 0. The van der Waals surface area contributed by atoms with Crippen LogP contribution in [0.2, 0.25) is 0 Å². The van der Waals surface area contributed by atoms with Gasteiger partial charge in [-0.1, -0.05) is 24.3 Å². The van der Waals surface area contributed by atoms with Crippen LogP contribution in [-0.4, -0.2) is 23.2 Å². The van der Waals surface area contributed by atoms with Crippen molar-refractivity contribution in [2.45, 2.75) is 17.9 Å². The molecule has 3 rings (SSSR count). The predicted molar refractivity (Wildman–Crippen MR) is 86.5 cm³/mol. The number of sulfonamides is 1. The third-order valence-electron chi connectivity index (χ3n) is 3.41. The molecule has 0 bridgehead atoms. The lowest BCUT2D eigenvalue weighted by Crippen LogP contribution is -2.26. The Morgan fingerprint density at radius 3 is 2.57 bits per heavy atom. The van der Waals surface area contributed by atoms with E-state index in [2.05, 4.69) is 14.8 Å². The Bertz CT molecular complexity index is 877. The van der Waals surface area contributed by atoms with Crippen LogP contribution in [0.3, 0.4) is 0 Å². The fourth-order valence-electron chi connectivity index (χ4n) is 2.17. The molecule has 0 fully saturated rings. The van der Waals surface area contributed by atoms with Crippen molar-refractivity contribution in [1.29, 1.82) is 0 Å². The van der Waals surface area contributed by atoms with Crippen LogP contribution in [0.4, 0.5) is 0 Å². The second kappa shape index (κ2) is 6.31. The van der Waals surface area contributed by atoms with E-state index in [4.69, 9.17) is 0 Å². The first-order valence-corrected chi connectivity index (χ1v) is 8.57. The average Bonchev–Trinajstić information content (AvgIpc) is 3.07. The Labute approximate surface area is 134 Å². The molecule has 6 nitrogen and oxygen atoms in total. The van der Waals surface area contributed by atoms with Crippen molar-refractivity contribution in [3.8, 4) is 5.69 Å². The summed E-state index contributed by atoms with van der Waals surface area (Å²) in [5.74, 6) is 0. The summed E-state index contributed by atoms with van der Waals surface area (Å²) in [5, 5.41) is 4.12. The third kappa shape index (κ3) is 3.46. The number of rotatable bonds is 5. The summed E-state index contributed by atoms with van der Waals surface area (Å²) < 4.78 is 29.1. The van der Waals surface area contributed by atoms with Gasteiger partial charge in [-0.25, -0.2) is 17.8 Å². The number of nitrogens with zero attached hydrogens (tertiary/aromatic N) is 3. The predicted octanol–water partition coefficient (Wildman–Crippen LogP) is 2.31. The van der Waals surface area contributed by atoms with Crippen LogP contribution in [0.15, 0.2) is 72.1 Å². The highest BCUT2D eigenvalue weighted by molar-refractivity contribution is 7.89. The van der Waals surface area contributed by atoms with Crippen molar-refractivity contribution in [1.82, 2.24) is 19.5 Å². The Morgan fingerprint density at radius 2 is 1.87 bits per heavy atom. The van der Waals surface area contributed by atoms with Gasteiger partial charge < -0.3 is 0 Å². The van der Waals surface area contributed by atoms with Gasteiger partial charge in [-0.15, -0.1) is 0 Å². The lowest BCUT2D eigenvalue weighted by atomic mass is 10.2. The molecule has 0 amide bonds. The summed E-state index contributed by atoms with van der Waals surface area (Å²) in [6, 6.07) is 12.6. The molecule has 0 aliphatic rings. The second-order valence-corrected chi connectivity index (χ2v) is 6.80. The zero-order chi connectivity index (χ0) is 16.3. The van der Waals surface area contributed by atoms with Gasteiger partial charge in [0, 0.05) is 18.4 Å². The first-order valence-electron chi connectivity index (χ1n) is 7.08. The highest BCUT2D eigenvalue weighted by Gasteiger charge is 2.20. The molecule has 118 valence electrons. The number of hydrogen-bond donors (Lipinski definition) is 1. The first kappa shape index (κ1) is 15.4. The Hall–Kier alpha value is -2.51. The molecule has 0 aliphatic carbocycles. The molecule has 0 saturated heterocycles. The van der Waals surface area contributed by atoms with E-state index in [1.54, 1.807) is 25.4 Å². The number of para-hydroxylation sites is 1. The quantitative estimate of drug-likeness (QED) is 0.780. The highest BCUT2D eigenvalue weighted by Crippen LogP contribution is 2.17. The highest BCUT2D eigenvalue weighted by atomic mass is 32.2. The SMILES string of the molecule is CC(NS(=O)(=O)c1cnn(-c2ccccc2)c1)c1cccnc1. The van der Waals surface area contributed by atoms with Gasteiger partial charge in [-0.3, -0.25) is 4.98 Å². The van der Waals surface area contributed by atoms with Gasteiger partial charge in [0.15, 0.2) is 0 Å². The Morgan fingerprint density at radius 1 is 1.09 bits per heavy atom. The molecule has 1 N–H and O–H groups in total. The standard InChI is InChI=1S/C16H16N4O2S/c1-13(14-6-5-9-17-10-14)19-23(21,22)16-11-18-20(12-16)15-7-3-2-4-8-15/h2-13,19H,1H3. The fraction of sp³-hybridized carbons (Fsp3) is 0.125. The van der Waals surface area contributed by atoms with Gasteiger partial charge >= 0.3 is 0 Å². The number of aromatic nitrogens is 3. The van der Waals surface area contributed by atoms with Crippen LogP contribution < -0.4 is 4.72 Å². The van der Waals surface area contributed by atoms with Crippen molar-refractivity contribution in [3.63, 3.8) is 0 Å². The molecule has 0 saturated carbocycles. The minimum absolute atomic E-state index is 0.122. The molecule has 3 aromatic rings. The van der Waals surface area contributed by atoms with Crippen molar-refractivity contribution in [2.24, 2.45) is 0 Å². The minimum atomic E-state index is -3.66. The molecule has 0 radical (unpaired) electrons. The number of benzene rings is 1. The molecule has 0 spiro atoms. The van der Waals surface area contributed by atoms with Crippen LogP contribution in [0.5, 0.6) is 0 Å². The normalized spacial score (nSPS) is 12.9. The lowest BCUT2D eigenvalue weighted by Gasteiger charge is -2.13. The maximum Gasteiger partial charge on any atom is 0.244 e. The number of pyridine rings is 1. The van der Waals surface area contributed by atoms with Crippen LogP contribution in [0, 0.1) is 0 Å². The maximum atomic E-state index is 12.5. The van der Waals surface area contributed by atoms with Crippen molar-refractivity contribution >= 4 is 10.0 Å². The van der Waals surface area contributed by atoms with E-state index in [0.29, 0.717) is 0 Å². The molecule has 23 heavy (non-hydrogen) atoms. The van der Waals surface area contributed by atoms with E-state index in [-0.39, 0.29) is 10.9 Å². The number of hydrogen-bond acceptors (Lipinski definition) is 4. The molecule has 1 unspecified atom stereocenters. The third-order valence-corrected chi connectivity index (χ3v) is 4.90. The van der Waals surface area contributed by atoms with Gasteiger partial charge in [-0.05, 0) is 30.7 Å². The molecular weight excluding hydrogens is 312 g/mol. The molecule has 1 atom stereocenters. The van der Waals surface area contributed by atoms with E-state index in [9.17, 15) is 8.42 Å². The van der Waals surface area contributed by atoms with Gasteiger partial charge in [0.25, 0.3) is 0 Å². The second-order valence-electron chi connectivity index (χ2n) is 5.09. The largest absolute Gasteiger partial charge is 0.264 e. The van der Waals surface area contributed by atoms with Gasteiger partial charge in [0.1, 0.15) is 4.90 Å². The molecule has 2 aromatic heterocycles. The van der Waals surface area contributed by atoms with E-state index in [1.165, 1.54) is 17.1 Å². The monoisotopic (exact) mass is 328 g/mol. The summed E-state index contributed by atoms with van der Waals surface area (Å²) in [6.07, 6.45) is 6.12. The zero-order valence-corrected chi connectivity index (χ0v) is 13.3. The number of nitrogens with one attached hydrogen (secondary N) is 1. The van der Waals surface area contributed by atoms with Gasteiger partial charge in [-0.2, -0.15) is 5.10 Å². The van der Waals surface area contributed by atoms with Gasteiger partial charge in [0.2, 0.25) is 10.0 Å². The molecule has 2 heterocycles. The first-order chi connectivity index (χ1) is 11.1. The average molecular weight is 328 g/mol. The summed E-state index contributed by atoms with van der Waals surface area (Å²) in [4.78, 5) is 4.12. The Balaban J connectivity index is 1.82. The summed E-state index contributed by atoms with van der Waals surface area (Å²) in [5.41, 5.74) is 1.60. The maximum absolute atomic E-state index is 12.5. The van der Waals surface area contributed by atoms with Crippen LogP contribution >= 0.6 is 0 Å². The molecule has 1 aromatic carbocycles. The van der Waals surface area contributed by atoms with Crippen molar-refractivity contribution < 1.29 is 8.42 Å². The molecule has 0 aliphatic heterocycles. The van der Waals surface area contributed by atoms with E-state index >= 15 is 0 Å². The van der Waals surface area contributed by atoms with Crippen LogP contribution in [0.25, 0.3) is 5.69 Å². The van der Waals surface area contributed by atoms with Crippen molar-refractivity contribution in [2.75, 3.05) is 0 Å². The van der Waals surface area contributed by atoms with Crippen LogP contribution in [-0.2, 0) is 10.0 Å². The van der Waals surface area contributed by atoms with E-state index < -0.39 is 10.0 Å². The molecule has 7 heteroatoms. The summed E-state index contributed by atoms with van der Waals surface area (Å²) in [7, 11) is -3.66. The summed E-state index contributed by atoms with van der Waals surface area (Å²) in [6.45, 7) is 1.77. The topological polar surface area (TPSA) is 76.9 Å². The minimum Gasteiger partial charge on any atom is -0.264 e. The van der Waals surface area contributed by atoms with Crippen molar-refractivity contribution in [3.05, 3.63) is 72.8 Å². The van der Waals surface area contributed by atoms with Crippen LogP contribution in [0.1, 0.15) is 18.5 Å². The van der Waals surface area contributed by atoms with E-state index in [1.807, 2.05) is 36.4 Å². The fourth-order valence-corrected chi connectivity index (χ4v) is 3.33. The Kier molecular flexibility index (Phi) is 4.22. The zero-order valence-electron chi connectivity index (χ0n) is 12.5. The smallest absolute Gasteiger partial charge is 0.244 e. The molecular formula is C16H16N4O2S. The van der Waals surface area contributed by atoms with Gasteiger partial charge in [0.05, 0.1) is 18.1 Å². The van der Waals surface area contributed by atoms with E-state index in [0.717, 1.165) is 11.3 Å².